The van der Waals surface area contributed by atoms with E-state index >= 15 is 0 Å². The molecule has 5 heteroatoms. The molecular formula is C11H9FIN3. The molecule has 0 amide bonds. The summed E-state index contributed by atoms with van der Waals surface area (Å²) in [5, 5.41) is 0. The molecule has 0 unspecified atom stereocenters. The Kier molecular flexibility index (Phi) is 3.33. The minimum Gasteiger partial charge on any atom is -0.328 e. The zero-order valence-corrected chi connectivity index (χ0v) is 10.7. The van der Waals surface area contributed by atoms with Gasteiger partial charge in [0.2, 0.25) is 0 Å². The average Bonchev–Trinajstić information content (AvgIpc) is 2.29. The third-order valence-corrected chi connectivity index (χ3v) is 2.92. The average molecular weight is 329 g/mol. The molecule has 16 heavy (non-hydrogen) atoms. The monoisotopic (exact) mass is 329 g/mol. The van der Waals surface area contributed by atoms with Gasteiger partial charge < -0.3 is 4.90 Å². The molecule has 0 fully saturated rings. The zero-order valence-electron chi connectivity index (χ0n) is 8.56. The summed E-state index contributed by atoms with van der Waals surface area (Å²) in [6, 6.07) is 6.40. The fourth-order valence-electron chi connectivity index (χ4n) is 1.36. The second-order valence-electron chi connectivity index (χ2n) is 3.23. The Hall–Kier alpha value is -1.24. The number of benzene rings is 1. The van der Waals surface area contributed by atoms with Gasteiger partial charge in [0.05, 0.1) is 3.57 Å². The number of aromatic nitrogens is 2. The highest BCUT2D eigenvalue weighted by Gasteiger charge is 2.09. The summed E-state index contributed by atoms with van der Waals surface area (Å²) < 4.78 is 14.0. The van der Waals surface area contributed by atoms with E-state index in [1.165, 1.54) is 18.5 Å². The summed E-state index contributed by atoms with van der Waals surface area (Å²) >= 11 is 2.15. The Morgan fingerprint density at radius 2 is 2.19 bits per heavy atom. The molecule has 2 aromatic rings. The van der Waals surface area contributed by atoms with Crippen LogP contribution in [0.15, 0.2) is 36.8 Å². The van der Waals surface area contributed by atoms with E-state index < -0.39 is 0 Å². The van der Waals surface area contributed by atoms with Crippen molar-refractivity contribution in [3.8, 4) is 0 Å². The summed E-state index contributed by atoms with van der Waals surface area (Å²) in [7, 11) is 1.85. The van der Waals surface area contributed by atoms with Gasteiger partial charge in [0, 0.05) is 18.9 Å². The predicted molar refractivity (Wildman–Crippen MR) is 69.2 cm³/mol. The Morgan fingerprint density at radius 3 is 2.88 bits per heavy atom. The maximum absolute atomic E-state index is 13.1. The Bertz CT molecular complexity index is 504. The van der Waals surface area contributed by atoms with E-state index in [4.69, 9.17) is 0 Å². The number of anilines is 2. The highest BCUT2D eigenvalue weighted by Crippen LogP contribution is 2.25. The molecule has 82 valence electrons. The van der Waals surface area contributed by atoms with Crippen LogP contribution in [0.2, 0.25) is 0 Å². The van der Waals surface area contributed by atoms with Crippen LogP contribution in [-0.2, 0) is 0 Å². The van der Waals surface area contributed by atoms with Gasteiger partial charge in [-0.05, 0) is 40.8 Å². The molecule has 0 spiro atoms. The number of halogens is 2. The Morgan fingerprint density at radius 1 is 1.38 bits per heavy atom. The second-order valence-corrected chi connectivity index (χ2v) is 4.40. The first-order valence-corrected chi connectivity index (χ1v) is 5.71. The molecular weight excluding hydrogens is 320 g/mol. The van der Waals surface area contributed by atoms with Crippen LogP contribution in [0.1, 0.15) is 0 Å². The van der Waals surface area contributed by atoms with Gasteiger partial charge >= 0.3 is 0 Å². The van der Waals surface area contributed by atoms with E-state index in [0.717, 1.165) is 15.1 Å². The molecule has 1 aromatic carbocycles. The van der Waals surface area contributed by atoms with Gasteiger partial charge in [-0.2, -0.15) is 0 Å². The first kappa shape index (κ1) is 11.3. The van der Waals surface area contributed by atoms with Crippen LogP contribution in [0.3, 0.4) is 0 Å². The van der Waals surface area contributed by atoms with Gasteiger partial charge in [0.1, 0.15) is 18.0 Å². The molecule has 0 aliphatic carbocycles. The lowest BCUT2D eigenvalue weighted by Gasteiger charge is -2.19. The second kappa shape index (κ2) is 4.73. The predicted octanol–water partition coefficient (Wildman–Crippen LogP) is 2.99. The van der Waals surface area contributed by atoms with E-state index in [1.54, 1.807) is 12.3 Å². The van der Waals surface area contributed by atoms with E-state index in [9.17, 15) is 4.39 Å². The summed E-state index contributed by atoms with van der Waals surface area (Å²) in [5.41, 5.74) is 0.761. The molecule has 3 nitrogen and oxygen atoms in total. The molecule has 0 N–H and O–H groups in total. The standard InChI is InChI=1S/C11H9FIN3/c1-16(9-4-2-3-8(12)5-9)11-10(13)6-14-7-15-11/h2-7H,1H3. The third-order valence-electron chi connectivity index (χ3n) is 2.16. The Balaban J connectivity index is 2.39. The molecule has 0 saturated carbocycles. The first-order chi connectivity index (χ1) is 7.68. The van der Waals surface area contributed by atoms with Crippen molar-refractivity contribution in [2.45, 2.75) is 0 Å². The lowest BCUT2D eigenvalue weighted by atomic mass is 10.3. The Labute approximate surface area is 106 Å². The minimum atomic E-state index is -0.256. The molecule has 0 aliphatic rings. The molecule has 0 bridgehead atoms. The maximum Gasteiger partial charge on any atom is 0.149 e. The summed E-state index contributed by atoms with van der Waals surface area (Å²) in [5.74, 6) is 0.509. The summed E-state index contributed by atoms with van der Waals surface area (Å²) in [6.45, 7) is 0. The van der Waals surface area contributed by atoms with Crippen LogP contribution in [0.5, 0.6) is 0 Å². The highest BCUT2D eigenvalue weighted by molar-refractivity contribution is 14.1. The third kappa shape index (κ3) is 2.29. The van der Waals surface area contributed by atoms with Gasteiger partial charge in [-0.1, -0.05) is 6.07 Å². The van der Waals surface area contributed by atoms with E-state index in [2.05, 4.69) is 32.6 Å². The van der Waals surface area contributed by atoms with Crippen molar-refractivity contribution < 1.29 is 4.39 Å². The van der Waals surface area contributed by atoms with Crippen LogP contribution in [0.4, 0.5) is 15.9 Å². The van der Waals surface area contributed by atoms with Crippen molar-refractivity contribution in [2.24, 2.45) is 0 Å². The quantitative estimate of drug-likeness (QED) is 0.793. The lowest BCUT2D eigenvalue weighted by Crippen LogP contribution is -2.13. The minimum absolute atomic E-state index is 0.256. The van der Waals surface area contributed by atoms with Gasteiger partial charge in [-0.3, -0.25) is 0 Å². The number of nitrogens with zero attached hydrogens (tertiary/aromatic N) is 3. The van der Waals surface area contributed by atoms with Gasteiger partial charge in [-0.15, -0.1) is 0 Å². The van der Waals surface area contributed by atoms with E-state index in [1.807, 2.05) is 18.0 Å². The topological polar surface area (TPSA) is 29.0 Å². The fourth-order valence-corrected chi connectivity index (χ4v) is 2.02. The van der Waals surface area contributed by atoms with Crippen LogP contribution in [0, 0.1) is 9.39 Å². The van der Waals surface area contributed by atoms with Crippen molar-refractivity contribution in [1.29, 1.82) is 0 Å². The smallest absolute Gasteiger partial charge is 0.149 e. The maximum atomic E-state index is 13.1. The van der Waals surface area contributed by atoms with Crippen molar-refractivity contribution >= 4 is 34.1 Å². The highest BCUT2D eigenvalue weighted by atomic mass is 127. The van der Waals surface area contributed by atoms with Crippen molar-refractivity contribution in [1.82, 2.24) is 9.97 Å². The van der Waals surface area contributed by atoms with Gasteiger partial charge in [0.15, 0.2) is 0 Å². The number of hydrogen-bond acceptors (Lipinski definition) is 3. The normalized spacial score (nSPS) is 10.2. The van der Waals surface area contributed by atoms with Crippen LogP contribution >= 0.6 is 22.6 Å². The molecule has 2 rings (SSSR count). The van der Waals surface area contributed by atoms with Crippen molar-refractivity contribution in [2.75, 3.05) is 11.9 Å². The fraction of sp³-hybridized carbons (Fsp3) is 0.0909. The SMILES string of the molecule is CN(c1cccc(F)c1)c1ncncc1I. The first-order valence-electron chi connectivity index (χ1n) is 4.63. The van der Waals surface area contributed by atoms with E-state index in [0.29, 0.717) is 0 Å². The van der Waals surface area contributed by atoms with Crippen molar-refractivity contribution in [3.63, 3.8) is 0 Å². The molecule has 0 radical (unpaired) electrons. The number of rotatable bonds is 2. The summed E-state index contributed by atoms with van der Waals surface area (Å²) in [6.07, 6.45) is 3.20. The van der Waals surface area contributed by atoms with E-state index in [-0.39, 0.29) is 5.82 Å². The lowest BCUT2D eigenvalue weighted by molar-refractivity contribution is 0.628. The van der Waals surface area contributed by atoms with Crippen LogP contribution in [-0.4, -0.2) is 17.0 Å². The molecule has 1 aromatic heterocycles. The molecule has 0 saturated heterocycles. The molecule has 0 atom stereocenters. The largest absolute Gasteiger partial charge is 0.328 e. The van der Waals surface area contributed by atoms with Gasteiger partial charge in [-0.25, -0.2) is 14.4 Å². The van der Waals surface area contributed by atoms with Gasteiger partial charge in [0.25, 0.3) is 0 Å². The van der Waals surface area contributed by atoms with Crippen LogP contribution < -0.4 is 4.90 Å². The zero-order chi connectivity index (χ0) is 11.5. The van der Waals surface area contributed by atoms with Crippen molar-refractivity contribution in [3.05, 3.63) is 46.2 Å². The number of hydrogen-bond donors (Lipinski definition) is 0. The summed E-state index contributed by atoms with van der Waals surface area (Å²) in [4.78, 5) is 9.91. The molecule has 1 heterocycles. The van der Waals surface area contributed by atoms with Crippen LogP contribution in [0.25, 0.3) is 0 Å². The molecule has 0 aliphatic heterocycles.